The number of aromatic nitrogens is 6. The molecule has 24 aromatic rings. The SMILES string of the molecule is Cc1cc(C)c2sc3c(-c4ccccc4-c4ccc5c(c4)c4ccccc4c4nccnc54)cc(C)cc3c2c1.Cc1ccc2sc3c(-c4ccccc4-c4ccc5c(c4)c4ccccc4c4nccnc54)cc(C)cc3c2c1.Cc1cccc2c1sc1c(-c3ccccc3-c3ccc4c(c3)c3ccccc3c3nccnc43)cccc12. The highest BCUT2D eigenvalue weighted by molar-refractivity contribution is 7.27. The van der Waals surface area contributed by atoms with Crippen molar-refractivity contribution in [1.29, 1.82) is 0 Å². The molecule has 0 fully saturated rings. The Morgan fingerprint density at radius 1 is 0.171 bits per heavy atom. The molecule has 552 valence electrons. The van der Waals surface area contributed by atoms with Gasteiger partial charge in [0.1, 0.15) is 0 Å². The van der Waals surface area contributed by atoms with Gasteiger partial charge in [-0.3, -0.25) is 29.9 Å². The number of benzene rings is 18. The molecule has 18 aromatic carbocycles. The fourth-order valence-electron chi connectivity index (χ4n) is 18.5. The van der Waals surface area contributed by atoms with Crippen LogP contribution in [0.5, 0.6) is 0 Å². The van der Waals surface area contributed by atoms with Gasteiger partial charge in [0.05, 0.1) is 33.1 Å². The molecule has 0 spiro atoms. The van der Waals surface area contributed by atoms with Crippen molar-refractivity contribution in [3.8, 4) is 66.8 Å². The largest absolute Gasteiger partial charge is 0.252 e. The zero-order valence-corrected chi connectivity index (χ0v) is 67.5. The van der Waals surface area contributed by atoms with Gasteiger partial charge >= 0.3 is 0 Å². The Kier molecular flexibility index (Phi) is 16.7. The summed E-state index contributed by atoms with van der Waals surface area (Å²) in [6, 6.07) is 107. The summed E-state index contributed by atoms with van der Waals surface area (Å²) < 4.78 is 8.14. The lowest BCUT2D eigenvalue weighted by Gasteiger charge is -2.14. The lowest BCUT2D eigenvalue weighted by atomic mass is 9.90. The zero-order valence-electron chi connectivity index (χ0n) is 65.1. The third kappa shape index (κ3) is 11.6. The third-order valence-corrected chi connectivity index (χ3v) is 27.7. The molecule has 117 heavy (non-hydrogen) atoms. The number of rotatable bonds is 6. The quantitative estimate of drug-likeness (QED) is 0.154. The predicted molar refractivity (Wildman–Crippen MR) is 503 cm³/mol. The van der Waals surface area contributed by atoms with Gasteiger partial charge in [0.15, 0.2) is 0 Å². The van der Waals surface area contributed by atoms with E-state index >= 15 is 0 Å². The second kappa shape index (κ2) is 28.0. The molecule has 6 heterocycles. The van der Waals surface area contributed by atoms with Crippen molar-refractivity contribution in [3.05, 3.63) is 362 Å². The molecule has 0 saturated heterocycles. The maximum atomic E-state index is 4.74. The number of fused-ring (bicyclic) bond motifs is 27. The van der Waals surface area contributed by atoms with E-state index in [1.165, 1.54) is 193 Å². The van der Waals surface area contributed by atoms with Gasteiger partial charge < -0.3 is 0 Å². The van der Waals surface area contributed by atoms with Crippen LogP contribution in [0.1, 0.15) is 33.4 Å². The van der Waals surface area contributed by atoms with Crippen LogP contribution in [0.15, 0.2) is 328 Å². The topological polar surface area (TPSA) is 77.3 Å². The lowest BCUT2D eigenvalue weighted by Crippen LogP contribution is -1.90. The van der Waals surface area contributed by atoms with Gasteiger partial charge in [-0.2, -0.15) is 0 Å². The number of hydrogen-bond acceptors (Lipinski definition) is 9. The van der Waals surface area contributed by atoms with Crippen LogP contribution >= 0.6 is 34.0 Å². The highest BCUT2D eigenvalue weighted by Gasteiger charge is 2.23. The van der Waals surface area contributed by atoms with Gasteiger partial charge in [0, 0.05) is 147 Å². The van der Waals surface area contributed by atoms with E-state index < -0.39 is 0 Å². The smallest absolute Gasteiger partial charge is 0.0971 e. The molecule has 6 nitrogen and oxygen atoms in total. The van der Waals surface area contributed by atoms with Gasteiger partial charge in [0.25, 0.3) is 0 Å². The molecule has 0 bridgehead atoms. The minimum absolute atomic E-state index is 0.950. The zero-order chi connectivity index (χ0) is 78.3. The molecule has 9 heteroatoms. The van der Waals surface area contributed by atoms with E-state index in [0.717, 1.165) is 65.4 Å². The first-order chi connectivity index (χ1) is 57.5. The van der Waals surface area contributed by atoms with E-state index in [4.69, 9.17) is 24.9 Å². The Morgan fingerprint density at radius 3 is 0.923 bits per heavy atom. The van der Waals surface area contributed by atoms with Crippen molar-refractivity contribution < 1.29 is 0 Å². The molecule has 24 rings (SSSR count). The molecule has 0 radical (unpaired) electrons. The second-order valence-corrected chi connectivity index (χ2v) is 34.2. The summed E-state index contributed by atoms with van der Waals surface area (Å²) in [7, 11) is 0. The summed E-state index contributed by atoms with van der Waals surface area (Å²) in [5.74, 6) is 0. The number of nitrogens with zero attached hydrogens (tertiary/aromatic N) is 6. The molecular weight excluding hydrogens is 1480 g/mol. The first-order valence-corrected chi connectivity index (χ1v) is 42.2. The van der Waals surface area contributed by atoms with Crippen LogP contribution in [-0.4, -0.2) is 29.9 Å². The van der Waals surface area contributed by atoms with Crippen molar-refractivity contribution in [2.45, 2.75) is 41.5 Å². The first kappa shape index (κ1) is 69.9. The van der Waals surface area contributed by atoms with Crippen LogP contribution in [-0.2, 0) is 0 Å². The monoisotopic (exact) mass is 1550 g/mol. The van der Waals surface area contributed by atoms with E-state index in [9.17, 15) is 0 Å². The molecule has 0 amide bonds. The van der Waals surface area contributed by atoms with Crippen molar-refractivity contribution in [3.63, 3.8) is 0 Å². The Labute approximate surface area is 687 Å². The third-order valence-electron chi connectivity index (χ3n) is 23.7. The maximum Gasteiger partial charge on any atom is 0.0971 e. The van der Waals surface area contributed by atoms with Crippen LogP contribution in [0.3, 0.4) is 0 Å². The fraction of sp³-hybridized carbons (Fsp3) is 0.0556. The summed E-state index contributed by atoms with van der Waals surface area (Å²) >= 11 is 5.72. The summed E-state index contributed by atoms with van der Waals surface area (Å²) in [6.45, 7) is 13.2. The second-order valence-electron chi connectivity index (χ2n) is 31.1. The van der Waals surface area contributed by atoms with Crippen molar-refractivity contribution in [2.24, 2.45) is 0 Å². The van der Waals surface area contributed by atoms with Crippen LogP contribution < -0.4 is 0 Å². The summed E-state index contributed by atoms with van der Waals surface area (Å²) in [6.07, 6.45) is 10.7. The van der Waals surface area contributed by atoms with Gasteiger partial charge in [0.2, 0.25) is 0 Å². The predicted octanol–water partition coefficient (Wildman–Crippen LogP) is 30.8. The van der Waals surface area contributed by atoms with E-state index in [0.29, 0.717) is 0 Å². The molecule has 0 unspecified atom stereocenters. The van der Waals surface area contributed by atoms with Crippen molar-refractivity contribution in [2.75, 3.05) is 0 Å². The highest BCUT2D eigenvalue weighted by Crippen LogP contribution is 2.50. The van der Waals surface area contributed by atoms with E-state index in [-0.39, 0.29) is 0 Å². The average Bonchev–Trinajstić information content (AvgIpc) is 1.13. The molecule has 0 aliphatic rings. The van der Waals surface area contributed by atoms with E-state index in [1.54, 1.807) is 37.2 Å². The fourth-order valence-corrected chi connectivity index (χ4v) is 22.2. The van der Waals surface area contributed by atoms with Crippen LogP contribution in [0.2, 0.25) is 0 Å². The lowest BCUT2D eigenvalue weighted by molar-refractivity contribution is 1.31. The van der Waals surface area contributed by atoms with Crippen LogP contribution in [0, 0.1) is 41.5 Å². The Morgan fingerprint density at radius 2 is 0.479 bits per heavy atom. The summed E-state index contributed by atoms with van der Waals surface area (Å²) in [5.41, 5.74) is 28.6. The Bertz CT molecular complexity index is 8210. The van der Waals surface area contributed by atoms with Gasteiger partial charge in [-0.25, -0.2) is 0 Å². The molecule has 0 saturated carbocycles. The standard InChI is InChI=1S/C37H26N2S.C36H24N2S.C35H22N2S/c1-21-16-23(3)36-32(17-21)33-19-22(2)18-31(37(33)40-36)26-9-5-4-8-25(26)24-12-13-29-30(20-24)27-10-6-7-11-28(27)34-35(29)39-15-14-38-34;1-21-11-14-33-30(17-21)32-19-22(2)18-31(36(32)39-33)25-8-4-3-7-24(25)23-12-13-28-29(20-23)26-9-5-6-10-27(26)34-35(28)38-16-15-37-34;1-21-8-6-13-29-30-15-7-14-28(35(30)38-34(21)29)24-10-3-2-9-23(24)22-16-17-27-31(20-22)25-11-4-5-12-26(25)32-33(27)37-19-18-36-32/h4-20H,1-3H3;3-20H,1-2H3;2-20H,1H3. The number of thiophene rings is 3. The highest BCUT2D eigenvalue weighted by atomic mass is 32.1. The molecule has 6 aromatic heterocycles. The Balaban J connectivity index is 0.000000106. The molecular formula is C108H72N6S3. The average molecular weight is 1550 g/mol. The normalized spacial score (nSPS) is 11.8. The molecule has 0 atom stereocenters. The van der Waals surface area contributed by atoms with E-state index in [1.807, 2.05) is 34.0 Å². The minimum atomic E-state index is 0.950. The van der Waals surface area contributed by atoms with Gasteiger partial charge in [-0.1, -0.05) is 242 Å². The number of aryl methyl sites for hydroxylation is 6. The van der Waals surface area contributed by atoms with Crippen LogP contribution in [0.4, 0.5) is 0 Å². The van der Waals surface area contributed by atoms with Crippen molar-refractivity contribution in [1.82, 2.24) is 29.9 Å². The van der Waals surface area contributed by atoms with E-state index in [2.05, 4.69) is 338 Å². The number of hydrogen-bond donors (Lipinski definition) is 0. The van der Waals surface area contributed by atoms with Gasteiger partial charge in [-0.15, -0.1) is 34.0 Å². The molecule has 0 aliphatic heterocycles. The summed E-state index contributed by atoms with van der Waals surface area (Å²) in [5, 5.41) is 22.1. The summed E-state index contributed by atoms with van der Waals surface area (Å²) in [4.78, 5) is 28.3. The maximum absolute atomic E-state index is 4.74. The molecule has 0 N–H and O–H groups in total. The minimum Gasteiger partial charge on any atom is -0.252 e. The first-order valence-electron chi connectivity index (χ1n) is 39.7. The van der Waals surface area contributed by atoms with Crippen LogP contribution in [0.25, 0.3) is 225 Å². The van der Waals surface area contributed by atoms with Gasteiger partial charge in [-0.05, 0) is 207 Å². The van der Waals surface area contributed by atoms with Crippen molar-refractivity contribution >= 4 is 192 Å². The Hall–Kier alpha value is -13.8. The molecule has 0 aliphatic carbocycles.